The van der Waals surface area contributed by atoms with Crippen molar-refractivity contribution < 1.29 is 9.53 Å². The molecule has 0 unspecified atom stereocenters. The summed E-state index contributed by atoms with van der Waals surface area (Å²) in [7, 11) is 0. The molecule has 1 radical (unpaired) electrons. The maximum absolute atomic E-state index is 10.1. The van der Waals surface area contributed by atoms with Crippen LogP contribution < -0.4 is 5.73 Å². The van der Waals surface area contributed by atoms with Crippen molar-refractivity contribution in [2.24, 2.45) is 0 Å². The van der Waals surface area contributed by atoms with E-state index < -0.39 is 11.7 Å². The maximum Gasteiger partial charge on any atom is 0.426 e. The third-order valence-corrected chi connectivity index (χ3v) is 0.874. The number of nitriles is 1. The van der Waals surface area contributed by atoms with Crippen LogP contribution in [0.15, 0.2) is 0 Å². The Labute approximate surface area is 59.6 Å². The Morgan fingerprint density at radius 2 is 2.30 bits per heavy atom. The summed E-state index contributed by atoms with van der Waals surface area (Å²) < 4.78 is 4.48. The molecule has 0 spiro atoms. The molecule has 4 heteroatoms. The first-order valence-corrected chi connectivity index (χ1v) is 2.79. The van der Waals surface area contributed by atoms with E-state index in [2.05, 4.69) is 4.74 Å². The molecule has 55 valence electrons. The van der Waals surface area contributed by atoms with Crippen molar-refractivity contribution >= 4 is 6.09 Å². The van der Waals surface area contributed by atoms with Gasteiger partial charge in [-0.25, -0.2) is 10.5 Å². The van der Waals surface area contributed by atoms with Gasteiger partial charge in [0.05, 0.1) is 12.5 Å². The van der Waals surface area contributed by atoms with Gasteiger partial charge in [-0.05, 0) is 13.8 Å². The number of amides is 1. The molecule has 1 amide bonds. The third kappa shape index (κ3) is 3.72. The van der Waals surface area contributed by atoms with Gasteiger partial charge in [0.25, 0.3) is 0 Å². The van der Waals surface area contributed by atoms with Crippen LogP contribution in [0.2, 0.25) is 0 Å². The smallest absolute Gasteiger partial charge is 0.426 e. The van der Waals surface area contributed by atoms with E-state index in [1.807, 2.05) is 6.07 Å². The van der Waals surface area contributed by atoms with Crippen LogP contribution in [-0.4, -0.2) is 11.7 Å². The number of ether oxygens (including phenoxy) is 1. The fraction of sp³-hybridized carbons (Fsp3) is 0.667. The number of carbonyl (C=O) groups is 1. The lowest BCUT2D eigenvalue weighted by Gasteiger charge is -2.19. The van der Waals surface area contributed by atoms with Crippen LogP contribution in [-0.2, 0) is 4.74 Å². The molecule has 0 fully saturated rings. The average molecular weight is 141 g/mol. The lowest BCUT2D eigenvalue weighted by Crippen LogP contribution is -2.27. The fourth-order valence-corrected chi connectivity index (χ4v) is 0.477. The minimum Gasteiger partial charge on any atom is -0.441 e. The molecule has 0 saturated carbocycles. The molecule has 0 aromatic heterocycles. The van der Waals surface area contributed by atoms with Gasteiger partial charge in [0, 0.05) is 0 Å². The van der Waals surface area contributed by atoms with Crippen LogP contribution in [0.1, 0.15) is 20.3 Å². The molecule has 0 atom stereocenters. The zero-order valence-corrected chi connectivity index (χ0v) is 5.97. The van der Waals surface area contributed by atoms with E-state index in [0.717, 1.165) is 0 Å². The Kier molecular flexibility index (Phi) is 2.68. The third-order valence-electron chi connectivity index (χ3n) is 0.874. The lowest BCUT2D eigenvalue weighted by molar-refractivity contribution is 0.0480. The van der Waals surface area contributed by atoms with Gasteiger partial charge in [-0.1, -0.05) is 0 Å². The number of hydrogen-bond donors (Lipinski definition) is 0. The van der Waals surface area contributed by atoms with Crippen LogP contribution in [0.25, 0.3) is 0 Å². The molecule has 1 N–H and O–H groups in total. The van der Waals surface area contributed by atoms with E-state index in [1.54, 1.807) is 13.8 Å². The summed E-state index contributed by atoms with van der Waals surface area (Å²) in [5.74, 6) is 0. The summed E-state index contributed by atoms with van der Waals surface area (Å²) in [6.07, 6.45) is -0.988. The maximum atomic E-state index is 10.1. The Balaban J connectivity index is 3.89. The second-order valence-electron chi connectivity index (χ2n) is 2.48. The number of nitrogens with zero attached hydrogens (tertiary/aromatic N) is 1. The summed E-state index contributed by atoms with van der Waals surface area (Å²) >= 11 is 0. The van der Waals surface area contributed by atoms with Crippen molar-refractivity contribution in [3.05, 3.63) is 0 Å². The standard InChI is InChI=1S/C6H9N2O2/c1-6(2,3-4-7)10-5(8)9/h8H,3H2,1-2H3. The highest BCUT2D eigenvalue weighted by Crippen LogP contribution is 2.12. The van der Waals surface area contributed by atoms with Crippen LogP contribution in [0.4, 0.5) is 4.79 Å². The van der Waals surface area contributed by atoms with Gasteiger partial charge < -0.3 is 4.74 Å². The van der Waals surface area contributed by atoms with E-state index in [9.17, 15) is 4.79 Å². The molecule has 10 heavy (non-hydrogen) atoms. The van der Waals surface area contributed by atoms with Gasteiger partial charge in [-0.2, -0.15) is 5.26 Å². The van der Waals surface area contributed by atoms with Crippen LogP contribution in [0.3, 0.4) is 0 Å². The largest absolute Gasteiger partial charge is 0.441 e. The van der Waals surface area contributed by atoms with Crippen molar-refractivity contribution in [2.45, 2.75) is 25.9 Å². The van der Waals surface area contributed by atoms with Gasteiger partial charge in [0.1, 0.15) is 5.60 Å². The molecule has 0 aromatic carbocycles. The minimum atomic E-state index is -1.10. The van der Waals surface area contributed by atoms with Crippen molar-refractivity contribution in [1.29, 1.82) is 5.26 Å². The summed E-state index contributed by atoms with van der Waals surface area (Å²) in [6.45, 7) is 3.17. The Morgan fingerprint density at radius 1 is 1.80 bits per heavy atom. The molecule has 0 aliphatic rings. The molecule has 0 bridgehead atoms. The second-order valence-corrected chi connectivity index (χ2v) is 2.48. The highest BCUT2D eigenvalue weighted by molar-refractivity contribution is 5.64. The predicted molar refractivity (Wildman–Crippen MR) is 33.9 cm³/mol. The van der Waals surface area contributed by atoms with E-state index in [4.69, 9.17) is 11.0 Å². The van der Waals surface area contributed by atoms with Crippen molar-refractivity contribution in [3.8, 4) is 6.07 Å². The van der Waals surface area contributed by atoms with Crippen molar-refractivity contribution in [2.75, 3.05) is 0 Å². The fourth-order valence-electron chi connectivity index (χ4n) is 0.477. The van der Waals surface area contributed by atoms with Crippen LogP contribution in [0.5, 0.6) is 0 Å². The van der Waals surface area contributed by atoms with Crippen molar-refractivity contribution in [3.63, 3.8) is 0 Å². The van der Waals surface area contributed by atoms with Crippen LogP contribution >= 0.6 is 0 Å². The number of carbonyl (C=O) groups excluding carboxylic acids is 1. The Morgan fingerprint density at radius 3 is 2.60 bits per heavy atom. The first-order chi connectivity index (χ1) is 4.48. The molecule has 0 saturated heterocycles. The average Bonchev–Trinajstić information content (AvgIpc) is 1.59. The summed E-state index contributed by atoms with van der Waals surface area (Å²) in [5.41, 5.74) is 5.62. The molecule has 0 aliphatic carbocycles. The molecular formula is C6H9N2O2. The summed E-state index contributed by atoms with van der Waals surface area (Å²) in [5, 5.41) is 8.21. The monoisotopic (exact) mass is 141 g/mol. The Hall–Kier alpha value is -1.24. The Bertz CT molecular complexity index is 169. The summed E-state index contributed by atoms with van der Waals surface area (Å²) in [4.78, 5) is 10.1. The van der Waals surface area contributed by atoms with Gasteiger partial charge in [0.15, 0.2) is 0 Å². The quantitative estimate of drug-likeness (QED) is 0.577. The molecule has 0 aliphatic heterocycles. The predicted octanol–water partition coefficient (Wildman–Crippen LogP) is 1.10. The van der Waals surface area contributed by atoms with Gasteiger partial charge in [0.2, 0.25) is 0 Å². The highest BCUT2D eigenvalue weighted by Gasteiger charge is 2.20. The van der Waals surface area contributed by atoms with E-state index in [1.165, 1.54) is 0 Å². The molecule has 0 heterocycles. The minimum absolute atomic E-state index is 0.109. The highest BCUT2D eigenvalue weighted by atomic mass is 16.6. The molecule has 0 rings (SSSR count). The first kappa shape index (κ1) is 8.76. The SMILES string of the molecule is CC(C)(CC#N)OC([NH])=O. The van der Waals surface area contributed by atoms with E-state index >= 15 is 0 Å². The topological polar surface area (TPSA) is 73.9 Å². The van der Waals surface area contributed by atoms with E-state index in [0.29, 0.717) is 0 Å². The number of rotatable bonds is 2. The van der Waals surface area contributed by atoms with Gasteiger partial charge >= 0.3 is 6.09 Å². The molecule has 4 nitrogen and oxygen atoms in total. The van der Waals surface area contributed by atoms with Crippen LogP contribution in [0, 0.1) is 11.3 Å². The lowest BCUT2D eigenvalue weighted by atomic mass is 10.1. The normalized spacial score (nSPS) is 10.1. The number of nitrogens with one attached hydrogen (secondary N) is 1. The molecular weight excluding hydrogens is 132 g/mol. The zero-order valence-electron chi connectivity index (χ0n) is 5.97. The van der Waals surface area contributed by atoms with Crippen molar-refractivity contribution in [1.82, 2.24) is 5.73 Å². The molecule has 0 aromatic rings. The number of hydrogen-bond acceptors (Lipinski definition) is 3. The van der Waals surface area contributed by atoms with Gasteiger partial charge in [-0.15, -0.1) is 0 Å². The zero-order chi connectivity index (χ0) is 8.20. The second kappa shape index (κ2) is 3.06. The first-order valence-electron chi connectivity index (χ1n) is 2.79. The van der Waals surface area contributed by atoms with E-state index in [-0.39, 0.29) is 6.42 Å². The summed E-state index contributed by atoms with van der Waals surface area (Å²) in [6, 6.07) is 1.85. The van der Waals surface area contributed by atoms with Gasteiger partial charge in [-0.3, -0.25) is 0 Å².